The first kappa shape index (κ1) is 17.8. The minimum absolute atomic E-state index is 0.104. The number of halogens is 2. The number of rotatable bonds is 7. The summed E-state index contributed by atoms with van der Waals surface area (Å²) in [6.07, 6.45) is 5.44. The molecule has 2 heterocycles. The maximum Gasteiger partial charge on any atom is 0.221 e. The van der Waals surface area contributed by atoms with Gasteiger partial charge in [0.25, 0.3) is 0 Å². The summed E-state index contributed by atoms with van der Waals surface area (Å²) in [7, 11) is 0. The molecular weight excluding hydrogens is 345 g/mol. The van der Waals surface area contributed by atoms with Crippen LogP contribution in [-0.4, -0.2) is 45.2 Å². The highest BCUT2D eigenvalue weighted by atomic mass is 35.5. The lowest BCUT2D eigenvalue weighted by molar-refractivity contribution is -0.121. The van der Waals surface area contributed by atoms with Crippen LogP contribution >= 0.6 is 11.6 Å². The fourth-order valence-electron chi connectivity index (χ4n) is 3.16. The maximum absolute atomic E-state index is 14.4. The molecular formula is C17H21ClFN5O. The summed E-state index contributed by atoms with van der Waals surface area (Å²) in [5.74, 6) is -0.437. The molecule has 1 N–H and O–H groups in total. The van der Waals surface area contributed by atoms with Gasteiger partial charge in [-0.2, -0.15) is 5.10 Å². The summed E-state index contributed by atoms with van der Waals surface area (Å²) in [5, 5.41) is 7.27. The zero-order chi connectivity index (χ0) is 17.6. The van der Waals surface area contributed by atoms with Crippen LogP contribution in [0.25, 0.3) is 0 Å². The Bertz CT molecular complexity index is 683. The van der Waals surface area contributed by atoms with E-state index in [4.69, 9.17) is 11.6 Å². The molecule has 134 valence electrons. The van der Waals surface area contributed by atoms with Crippen molar-refractivity contribution in [3.63, 3.8) is 0 Å². The number of nitrogens with one attached hydrogen (secondary N) is 1. The van der Waals surface area contributed by atoms with Crippen molar-refractivity contribution < 1.29 is 9.18 Å². The Kier molecular flexibility index (Phi) is 5.99. The molecule has 2 aromatic rings. The van der Waals surface area contributed by atoms with Gasteiger partial charge in [-0.05, 0) is 38.1 Å². The van der Waals surface area contributed by atoms with Crippen LogP contribution in [0.4, 0.5) is 4.39 Å². The van der Waals surface area contributed by atoms with Gasteiger partial charge >= 0.3 is 0 Å². The molecule has 1 amide bonds. The molecule has 1 aliphatic heterocycles. The molecule has 25 heavy (non-hydrogen) atoms. The van der Waals surface area contributed by atoms with Gasteiger partial charge in [-0.3, -0.25) is 14.4 Å². The largest absolute Gasteiger partial charge is 0.354 e. The molecule has 0 spiro atoms. The molecule has 6 nitrogen and oxygen atoms in total. The fourth-order valence-corrected chi connectivity index (χ4v) is 3.45. The van der Waals surface area contributed by atoms with Gasteiger partial charge in [-0.15, -0.1) is 0 Å². The van der Waals surface area contributed by atoms with Crippen molar-refractivity contribution in [1.29, 1.82) is 0 Å². The van der Waals surface area contributed by atoms with Gasteiger partial charge in [0.15, 0.2) is 0 Å². The number of aromatic nitrogens is 3. The van der Waals surface area contributed by atoms with E-state index >= 15 is 0 Å². The van der Waals surface area contributed by atoms with E-state index in [2.05, 4.69) is 20.3 Å². The second-order valence-electron chi connectivity index (χ2n) is 6.11. The number of amides is 1. The molecule has 1 unspecified atom stereocenters. The van der Waals surface area contributed by atoms with Crippen LogP contribution in [0.1, 0.15) is 30.9 Å². The van der Waals surface area contributed by atoms with Crippen LogP contribution in [0, 0.1) is 5.82 Å². The van der Waals surface area contributed by atoms with Crippen LogP contribution in [0.2, 0.25) is 5.02 Å². The number of benzene rings is 1. The minimum atomic E-state index is -0.332. The first-order valence-corrected chi connectivity index (χ1v) is 8.80. The summed E-state index contributed by atoms with van der Waals surface area (Å²) in [6.45, 7) is 2.55. The van der Waals surface area contributed by atoms with Crippen molar-refractivity contribution in [2.75, 3.05) is 19.6 Å². The standard InChI is InChI=1S/C17H21ClFN5O/c18-13-4-3-5-14(19)17(13)15(23-7-1-2-8-23)10-21-16(25)6-9-24-12-20-11-22-24/h3-5,11-12,15H,1-2,6-10H2,(H,21,25). The summed E-state index contributed by atoms with van der Waals surface area (Å²) in [6, 6.07) is 4.44. The fraction of sp³-hybridized carbons (Fsp3) is 0.471. The van der Waals surface area contributed by atoms with E-state index in [1.807, 2.05) is 0 Å². The van der Waals surface area contributed by atoms with Crippen LogP contribution in [0.5, 0.6) is 0 Å². The van der Waals surface area contributed by atoms with Crippen molar-refractivity contribution in [3.8, 4) is 0 Å². The number of likely N-dealkylation sites (tertiary alicyclic amines) is 1. The minimum Gasteiger partial charge on any atom is -0.354 e. The van der Waals surface area contributed by atoms with E-state index in [1.54, 1.807) is 23.1 Å². The van der Waals surface area contributed by atoms with Gasteiger partial charge in [0.2, 0.25) is 5.91 Å². The quantitative estimate of drug-likeness (QED) is 0.818. The predicted octanol–water partition coefficient (Wildman–Crippen LogP) is 2.41. The molecule has 0 bridgehead atoms. The second kappa shape index (κ2) is 8.40. The van der Waals surface area contributed by atoms with Crippen LogP contribution in [0.15, 0.2) is 30.9 Å². The van der Waals surface area contributed by atoms with Crippen LogP contribution in [0.3, 0.4) is 0 Å². The summed E-state index contributed by atoms with van der Waals surface area (Å²) >= 11 is 6.25. The number of carbonyl (C=O) groups is 1. The van der Waals surface area contributed by atoms with E-state index in [0.29, 0.717) is 30.1 Å². The van der Waals surface area contributed by atoms with Gasteiger partial charge in [0, 0.05) is 23.6 Å². The van der Waals surface area contributed by atoms with Crippen molar-refractivity contribution in [2.45, 2.75) is 31.8 Å². The molecule has 8 heteroatoms. The van der Waals surface area contributed by atoms with Crippen molar-refractivity contribution in [1.82, 2.24) is 25.0 Å². The SMILES string of the molecule is O=C(CCn1cncn1)NCC(c1c(F)cccc1Cl)N1CCCC1. The summed E-state index contributed by atoms with van der Waals surface area (Å²) < 4.78 is 16.0. The van der Waals surface area contributed by atoms with Crippen molar-refractivity contribution >= 4 is 17.5 Å². The number of hydrogen-bond donors (Lipinski definition) is 1. The lowest BCUT2D eigenvalue weighted by atomic mass is 10.0. The highest BCUT2D eigenvalue weighted by molar-refractivity contribution is 6.31. The molecule has 0 radical (unpaired) electrons. The summed E-state index contributed by atoms with van der Waals surface area (Å²) in [5.41, 5.74) is 0.461. The Morgan fingerprint density at radius 3 is 2.84 bits per heavy atom. The molecule has 1 aliphatic rings. The number of carbonyl (C=O) groups excluding carboxylic acids is 1. The van der Waals surface area contributed by atoms with E-state index in [0.717, 1.165) is 25.9 Å². The van der Waals surface area contributed by atoms with Crippen LogP contribution in [-0.2, 0) is 11.3 Å². The third-order valence-corrected chi connectivity index (χ3v) is 4.77. The first-order valence-electron chi connectivity index (χ1n) is 8.42. The number of hydrogen-bond acceptors (Lipinski definition) is 4. The topological polar surface area (TPSA) is 63.1 Å². The van der Waals surface area contributed by atoms with Gasteiger partial charge in [-0.25, -0.2) is 9.37 Å². The van der Waals surface area contributed by atoms with Crippen molar-refractivity contribution in [3.05, 3.63) is 47.3 Å². The third kappa shape index (κ3) is 4.55. The lowest BCUT2D eigenvalue weighted by Gasteiger charge is -2.29. The normalized spacial score (nSPS) is 16.1. The first-order chi connectivity index (χ1) is 12.1. The smallest absolute Gasteiger partial charge is 0.221 e. The molecule has 0 saturated carbocycles. The molecule has 3 rings (SSSR count). The Morgan fingerprint density at radius 1 is 1.36 bits per heavy atom. The monoisotopic (exact) mass is 365 g/mol. The summed E-state index contributed by atoms with van der Waals surface area (Å²) in [4.78, 5) is 18.2. The highest BCUT2D eigenvalue weighted by Gasteiger charge is 2.28. The third-order valence-electron chi connectivity index (χ3n) is 4.44. The zero-order valence-electron chi connectivity index (χ0n) is 13.9. The molecule has 1 saturated heterocycles. The van der Waals surface area contributed by atoms with Crippen LogP contribution < -0.4 is 5.32 Å². The van der Waals surface area contributed by atoms with Gasteiger partial charge in [-0.1, -0.05) is 17.7 Å². The molecule has 1 aromatic carbocycles. The molecule has 0 aliphatic carbocycles. The van der Waals surface area contributed by atoms with Gasteiger partial charge in [0.1, 0.15) is 18.5 Å². The lowest BCUT2D eigenvalue weighted by Crippen LogP contribution is -2.37. The van der Waals surface area contributed by atoms with E-state index in [1.165, 1.54) is 12.4 Å². The van der Waals surface area contributed by atoms with E-state index in [-0.39, 0.29) is 17.8 Å². The predicted molar refractivity (Wildman–Crippen MR) is 92.6 cm³/mol. The van der Waals surface area contributed by atoms with Crippen molar-refractivity contribution in [2.24, 2.45) is 0 Å². The Morgan fingerprint density at radius 2 is 2.16 bits per heavy atom. The van der Waals surface area contributed by atoms with E-state index in [9.17, 15) is 9.18 Å². The van der Waals surface area contributed by atoms with Gasteiger partial charge in [0.05, 0.1) is 12.6 Å². The Balaban J connectivity index is 1.65. The number of nitrogens with zero attached hydrogens (tertiary/aromatic N) is 4. The maximum atomic E-state index is 14.4. The zero-order valence-corrected chi connectivity index (χ0v) is 14.6. The molecule has 1 atom stereocenters. The Labute approximate surface area is 151 Å². The average molecular weight is 366 g/mol. The Hall–Kier alpha value is -1.99. The molecule has 1 fully saturated rings. The molecule has 1 aromatic heterocycles. The van der Waals surface area contributed by atoms with Gasteiger partial charge < -0.3 is 5.32 Å². The second-order valence-corrected chi connectivity index (χ2v) is 6.51. The number of aryl methyl sites for hydroxylation is 1. The highest BCUT2D eigenvalue weighted by Crippen LogP contribution is 2.31. The average Bonchev–Trinajstić information content (AvgIpc) is 3.29. The van der Waals surface area contributed by atoms with E-state index < -0.39 is 0 Å².